The molecule has 2 aromatic rings. The molecule has 0 saturated carbocycles. The van der Waals surface area contributed by atoms with E-state index in [1.54, 1.807) is 18.2 Å². The van der Waals surface area contributed by atoms with Gasteiger partial charge in [0.15, 0.2) is 0 Å². The molecule has 1 aliphatic rings. The van der Waals surface area contributed by atoms with Crippen molar-refractivity contribution in [1.82, 2.24) is 4.90 Å². The molecule has 1 atom stereocenters. The average molecular weight is 416 g/mol. The number of amides is 1. The molecule has 0 N–H and O–H groups in total. The average Bonchev–Trinajstić information content (AvgIpc) is 2.63. The Hall–Kier alpha value is -1.73. The molecule has 0 aromatic heterocycles. The number of halogens is 4. The van der Waals surface area contributed by atoms with E-state index in [0.29, 0.717) is 28.8 Å². The van der Waals surface area contributed by atoms with E-state index in [-0.39, 0.29) is 31.4 Å². The van der Waals surface area contributed by atoms with Gasteiger partial charge in [0.05, 0.1) is 25.9 Å². The molecule has 0 aliphatic carbocycles. The van der Waals surface area contributed by atoms with E-state index >= 15 is 0 Å². The second-order valence-corrected chi connectivity index (χ2v) is 6.93. The van der Waals surface area contributed by atoms with Gasteiger partial charge in [-0.1, -0.05) is 29.3 Å². The van der Waals surface area contributed by atoms with Gasteiger partial charge in [0.1, 0.15) is 11.6 Å². The lowest BCUT2D eigenvalue weighted by atomic mass is 10.1. The normalized spacial score (nSPS) is 17.2. The number of benzene rings is 2. The van der Waals surface area contributed by atoms with E-state index < -0.39 is 17.5 Å². The monoisotopic (exact) mass is 415 g/mol. The van der Waals surface area contributed by atoms with Crippen LogP contribution in [0.15, 0.2) is 36.4 Å². The van der Waals surface area contributed by atoms with E-state index in [9.17, 15) is 13.6 Å². The summed E-state index contributed by atoms with van der Waals surface area (Å²) in [6.07, 6.45) is -0.359. The first-order chi connectivity index (χ1) is 12.9. The summed E-state index contributed by atoms with van der Waals surface area (Å²) in [5.74, 6) is -2.03. The van der Waals surface area contributed by atoms with Crippen LogP contribution in [0.25, 0.3) is 0 Å². The molecular formula is C19H17Cl2F2NO3. The maximum absolute atomic E-state index is 13.3. The Kier molecular flexibility index (Phi) is 6.65. The highest BCUT2D eigenvalue weighted by molar-refractivity contribution is 6.35. The summed E-state index contributed by atoms with van der Waals surface area (Å²) in [7, 11) is 0. The summed E-state index contributed by atoms with van der Waals surface area (Å²) in [4.78, 5) is 14.0. The highest BCUT2D eigenvalue weighted by atomic mass is 35.5. The fraction of sp³-hybridized carbons (Fsp3) is 0.316. The molecular weight excluding hydrogens is 399 g/mol. The number of ether oxygens (including phenoxy) is 2. The van der Waals surface area contributed by atoms with Gasteiger partial charge in [-0.2, -0.15) is 0 Å². The van der Waals surface area contributed by atoms with Crippen molar-refractivity contribution in [2.24, 2.45) is 0 Å². The van der Waals surface area contributed by atoms with Crippen LogP contribution in [0, 0.1) is 11.6 Å². The Morgan fingerprint density at radius 2 is 1.85 bits per heavy atom. The van der Waals surface area contributed by atoms with Crippen LogP contribution < -0.4 is 0 Å². The topological polar surface area (TPSA) is 38.8 Å². The lowest BCUT2D eigenvalue weighted by Gasteiger charge is -2.33. The second-order valence-electron chi connectivity index (χ2n) is 6.12. The van der Waals surface area contributed by atoms with Crippen LogP contribution in [0.2, 0.25) is 10.0 Å². The number of hydrogen-bond acceptors (Lipinski definition) is 3. The van der Waals surface area contributed by atoms with Crippen molar-refractivity contribution in [1.29, 1.82) is 0 Å². The Bertz CT molecular complexity index is 794. The molecule has 1 saturated heterocycles. The molecule has 1 unspecified atom stereocenters. The Labute approximate surface area is 165 Å². The Balaban J connectivity index is 1.57. The van der Waals surface area contributed by atoms with Gasteiger partial charge in [-0.15, -0.1) is 0 Å². The highest BCUT2D eigenvalue weighted by Gasteiger charge is 2.26. The van der Waals surface area contributed by atoms with Crippen molar-refractivity contribution in [3.05, 3.63) is 69.2 Å². The summed E-state index contributed by atoms with van der Waals surface area (Å²) in [5, 5.41) is 1.02. The van der Waals surface area contributed by atoms with Crippen molar-refractivity contribution < 1.29 is 23.0 Å². The fourth-order valence-electron chi connectivity index (χ4n) is 2.83. The third-order valence-electron chi connectivity index (χ3n) is 4.15. The standard InChI is InChI=1S/C19H17Cl2F2NO3/c20-17-2-1-3-18(21)16(17)11-26-10-15-9-24(4-5-27-15)19(25)12-6-13(22)8-14(23)7-12/h1-3,6-8,15H,4-5,9-11H2. The number of morpholine rings is 1. The molecule has 144 valence electrons. The fourth-order valence-corrected chi connectivity index (χ4v) is 3.33. The molecule has 27 heavy (non-hydrogen) atoms. The molecule has 1 amide bonds. The lowest BCUT2D eigenvalue weighted by Crippen LogP contribution is -2.47. The molecule has 0 bridgehead atoms. The molecule has 8 heteroatoms. The SMILES string of the molecule is O=C(c1cc(F)cc(F)c1)N1CCOC(COCc2c(Cl)cccc2Cl)C1. The highest BCUT2D eigenvalue weighted by Crippen LogP contribution is 2.25. The van der Waals surface area contributed by atoms with Gasteiger partial charge < -0.3 is 14.4 Å². The molecule has 4 nitrogen and oxygen atoms in total. The van der Waals surface area contributed by atoms with Crippen LogP contribution >= 0.6 is 23.2 Å². The van der Waals surface area contributed by atoms with Crippen molar-refractivity contribution in [3.63, 3.8) is 0 Å². The Morgan fingerprint density at radius 1 is 1.19 bits per heavy atom. The zero-order chi connectivity index (χ0) is 19.4. The van der Waals surface area contributed by atoms with Crippen LogP contribution in [0.4, 0.5) is 8.78 Å². The zero-order valence-corrected chi connectivity index (χ0v) is 15.8. The van der Waals surface area contributed by atoms with Gasteiger partial charge in [-0.3, -0.25) is 4.79 Å². The minimum absolute atomic E-state index is 0.0306. The predicted molar refractivity (Wildman–Crippen MR) is 98.1 cm³/mol. The molecule has 1 heterocycles. The van der Waals surface area contributed by atoms with Crippen molar-refractivity contribution >= 4 is 29.1 Å². The van der Waals surface area contributed by atoms with Gasteiger partial charge >= 0.3 is 0 Å². The van der Waals surface area contributed by atoms with E-state index in [1.807, 2.05) is 0 Å². The van der Waals surface area contributed by atoms with E-state index in [0.717, 1.165) is 18.2 Å². The summed E-state index contributed by atoms with van der Waals surface area (Å²) in [6, 6.07) is 7.96. The van der Waals surface area contributed by atoms with Gasteiger partial charge in [0.2, 0.25) is 0 Å². The quantitative estimate of drug-likeness (QED) is 0.729. The van der Waals surface area contributed by atoms with E-state index in [1.165, 1.54) is 4.90 Å². The summed E-state index contributed by atoms with van der Waals surface area (Å²) < 4.78 is 37.9. The summed E-state index contributed by atoms with van der Waals surface area (Å²) in [6.45, 7) is 1.34. The maximum atomic E-state index is 13.3. The zero-order valence-electron chi connectivity index (χ0n) is 14.3. The lowest BCUT2D eigenvalue weighted by molar-refractivity contribution is -0.0647. The van der Waals surface area contributed by atoms with Gasteiger partial charge in [0, 0.05) is 40.3 Å². The van der Waals surface area contributed by atoms with Gasteiger partial charge in [0.25, 0.3) is 5.91 Å². The van der Waals surface area contributed by atoms with Crippen molar-refractivity contribution in [2.45, 2.75) is 12.7 Å². The molecule has 1 fully saturated rings. The number of hydrogen-bond donors (Lipinski definition) is 0. The molecule has 1 aliphatic heterocycles. The van der Waals surface area contributed by atoms with E-state index in [2.05, 4.69) is 0 Å². The minimum Gasteiger partial charge on any atom is -0.374 e. The van der Waals surface area contributed by atoms with Crippen molar-refractivity contribution in [3.8, 4) is 0 Å². The summed E-state index contributed by atoms with van der Waals surface area (Å²) >= 11 is 12.2. The van der Waals surface area contributed by atoms with Crippen LogP contribution in [0.5, 0.6) is 0 Å². The predicted octanol–water partition coefficient (Wildman–Crippen LogP) is 4.33. The summed E-state index contributed by atoms with van der Waals surface area (Å²) in [5.41, 5.74) is 0.650. The van der Waals surface area contributed by atoms with Gasteiger partial charge in [-0.25, -0.2) is 8.78 Å². The smallest absolute Gasteiger partial charge is 0.254 e. The second kappa shape index (κ2) is 8.97. The third kappa shape index (κ3) is 5.17. The molecule has 0 radical (unpaired) electrons. The number of carbonyl (C=O) groups excluding carboxylic acids is 1. The molecule has 0 spiro atoms. The van der Waals surface area contributed by atoms with Crippen LogP contribution in [-0.4, -0.2) is 43.2 Å². The molecule has 3 rings (SSSR count). The van der Waals surface area contributed by atoms with Crippen LogP contribution in [0.1, 0.15) is 15.9 Å². The van der Waals surface area contributed by atoms with Gasteiger partial charge in [-0.05, 0) is 24.3 Å². The minimum atomic E-state index is -0.789. The largest absolute Gasteiger partial charge is 0.374 e. The number of rotatable bonds is 5. The first-order valence-electron chi connectivity index (χ1n) is 8.31. The van der Waals surface area contributed by atoms with E-state index in [4.69, 9.17) is 32.7 Å². The Morgan fingerprint density at radius 3 is 2.52 bits per heavy atom. The number of carbonyl (C=O) groups is 1. The third-order valence-corrected chi connectivity index (χ3v) is 4.86. The van der Waals surface area contributed by atoms with Crippen LogP contribution in [-0.2, 0) is 16.1 Å². The van der Waals surface area contributed by atoms with Crippen LogP contribution in [0.3, 0.4) is 0 Å². The first-order valence-corrected chi connectivity index (χ1v) is 9.07. The number of nitrogens with zero attached hydrogens (tertiary/aromatic N) is 1. The first kappa shape index (κ1) is 20.0. The maximum Gasteiger partial charge on any atom is 0.254 e. The molecule has 2 aromatic carbocycles. The van der Waals surface area contributed by atoms with Crippen molar-refractivity contribution in [2.75, 3.05) is 26.3 Å².